The first kappa shape index (κ1) is 19.2. The number of rotatable bonds is 4. The van der Waals surface area contributed by atoms with Crippen molar-refractivity contribution in [2.24, 2.45) is 11.8 Å². The van der Waals surface area contributed by atoms with Crippen molar-refractivity contribution in [3.63, 3.8) is 0 Å². The Morgan fingerprint density at radius 2 is 1.92 bits per heavy atom. The van der Waals surface area contributed by atoms with Crippen LogP contribution >= 0.6 is 27.3 Å². The molecule has 24 heavy (non-hydrogen) atoms. The third-order valence-corrected chi connectivity index (χ3v) is 5.97. The third kappa shape index (κ3) is 4.51. The van der Waals surface area contributed by atoms with Gasteiger partial charge in [-0.25, -0.2) is 4.79 Å². The van der Waals surface area contributed by atoms with E-state index in [1.807, 2.05) is 13.8 Å². The van der Waals surface area contributed by atoms with Crippen LogP contribution in [0.25, 0.3) is 0 Å². The fraction of sp³-hybridized carbons (Fsp3) is 0.647. The van der Waals surface area contributed by atoms with Crippen LogP contribution in [0.2, 0.25) is 0 Å². The van der Waals surface area contributed by atoms with Crippen LogP contribution in [-0.2, 0) is 9.53 Å². The van der Waals surface area contributed by atoms with Crippen LogP contribution in [0.15, 0.2) is 9.85 Å². The summed E-state index contributed by atoms with van der Waals surface area (Å²) < 4.78 is 10.6. The van der Waals surface area contributed by atoms with Gasteiger partial charge in [0.2, 0.25) is 5.91 Å². The summed E-state index contributed by atoms with van der Waals surface area (Å²) in [6.45, 7) is 6.18. The number of carbonyl (C=O) groups is 2. The van der Waals surface area contributed by atoms with E-state index in [1.165, 1.54) is 18.4 Å². The highest BCUT2D eigenvalue weighted by atomic mass is 79.9. The largest absolute Gasteiger partial charge is 0.513 e. The van der Waals surface area contributed by atoms with Gasteiger partial charge in [0.1, 0.15) is 5.00 Å². The highest BCUT2D eigenvalue weighted by Crippen LogP contribution is 2.43. The first-order valence-corrected chi connectivity index (χ1v) is 9.82. The van der Waals surface area contributed by atoms with E-state index < -0.39 is 6.16 Å². The maximum absolute atomic E-state index is 13.1. The number of ether oxygens (including phenoxy) is 2. The second kappa shape index (κ2) is 8.34. The second-order valence-corrected chi connectivity index (χ2v) is 8.94. The van der Waals surface area contributed by atoms with Crippen LogP contribution in [-0.4, -0.2) is 25.2 Å². The molecule has 0 aromatic carbocycles. The summed E-state index contributed by atoms with van der Waals surface area (Å²) in [4.78, 5) is 26.4. The van der Waals surface area contributed by atoms with Crippen molar-refractivity contribution in [1.29, 1.82) is 0 Å². The molecule has 1 fully saturated rings. The maximum atomic E-state index is 13.1. The Morgan fingerprint density at radius 1 is 1.29 bits per heavy atom. The number of hydrogen-bond donors (Lipinski definition) is 0. The molecule has 1 heterocycles. The van der Waals surface area contributed by atoms with E-state index in [0.29, 0.717) is 16.7 Å². The van der Waals surface area contributed by atoms with E-state index in [2.05, 4.69) is 27.6 Å². The van der Waals surface area contributed by atoms with Gasteiger partial charge in [-0.3, -0.25) is 9.69 Å². The fourth-order valence-corrected chi connectivity index (χ4v) is 4.62. The van der Waals surface area contributed by atoms with Gasteiger partial charge < -0.3 is 9.47 Å². The SMILES string of the molecule is COC(=O)Oc1cc(Br)sc1N(C(=O)[C@H]1CC[C@H](C)CC1)C(C)C. The summed E-state index contributed by atoms with van der Waals surface area (Å²) >= 11 is 4.80. The van der Waals surface area contributed by atoms with Crippen molar-refractivity contribution in [2.75, 3.05) is 12.0 Å². The lowest BCUT2D eigenvalue weighted by Gasteiger charge is -2.33. The molecule has 7 heteroatoms. The van der Waals surface area contributed by atoms with Gasteiger partial charge in [0, 0.05) is 18.0 Å². The quantitative estimate of drug-likeness (QED) is 0.629. The molecule has 0 bridgehead atoms. The molecule has 1 aromatic heterocycles. The smallest absolute Gasteiger partial charge is 0.437 e. The zero-order valence-electron chi connectivity index (χ0n) is 14.5. The van der Waals surface area contributed by atoms with Gasteiger partial charge in [0.05, 0.1) is 10.9 Å². The summed E-state index contributed by atoms with van der Waals surface area (Å²) in [5, 5.41) is 0.644. The summed E-state index contributed by atoms with van der Waals surface area (Å²) in [5.41, 5.74) is 0. The van der Waals surface area contributed by atoms with Gasteiger partial charge in [-0.15, -0.1) is 11.3 Å². The Hall–Kier alpha value is -1.08. The van der Waals surface area contributed by atoms with Crippen LogP contribution in [0, 0.1) is 11.8 Å². The van der Waals surface area contributed by atoms with Crippen molar-refractivity contribution in [3.8, 4) is 5.75 Å². The van der Waals surface area contributed by atoms with Gasteiger partial charge in [-0.05, 0) is 61.4 Å². The zero-order chi connectivity index (χ0) is 17.9. The van der Waals surface area contributed by atoms with Crippen LogP contribution in [0.4, 0.5) is 9.80 Å². The fourth-order valence-electron chi connectivity index (χ4n) is 3.00. The lowest BCUT2D eigenvalue weighted by atomic mass is 9.82. The Kier molecular flexibility index (Phi) is 6.69. The second-order valence-electron chi connectivity index (χ2n) is 6.53. The summed E-state index contributed by atoms with van der Waals surface area (Å²) in [7, 11) is 1.26. The average Bonchev–Trinajstić information content (AvgIpc) is 2.87. The van der Waals surface area contributed by atoms with E-state index in [4.69, 9.17) is 4.74 Å². The van der Waals surface area contributed by atoms with Gasteiger partial charge in [0.15, 0.2) is 5.75 Å². The number of carbonyl (C=O) groups excluding carboxylic acids is 2. The number of thiophene rings is 1. The van der Waals surface area contributed by atoms with Crippen LogP contribution in [0.1, 0.15) is 46.5 Å². The number of hydrogen-bond acceptors (Lipinski definition) is 5. The predicted octanol–water partition coefficient (Wildman–Crippen LogP) is 5.22. The normalized spacial score (nSPS) is 20.8. The van der Waals surface area contributed by atoms with Gasteiger partial charge in [0.25, 0.3) is 0 Å². The molecule has 1 saturated carbocycles. The Balaban J connectivity index is 2.27. The number of methoxy groups -OCH3 is 1. The van der Waals surface area contributed by atoms with Crippen molar-refractivity contribution in [2.45, 2.75) is 52.5 Å². The molecule has 2 rings (SSSR count). The molecule has 5 nitrogen and oxygen atoms in total. The molecule has 0 radical (unpaired) electrons. The monoisotopic (exact) mass is 417 g/mol. The standard InChI is InChI=1S/C17H24BrNO4S/c1-10(2)19(15(20)12-7-5-11(3)6-8-12)16-13(9-14(18)24-16)23-17(21)22-4/h9-12H,5-8H2,1-4H3/t11-,12-. The van der Waals surface area contributed by atoms with E-state index in [9.17, 15) is 9.59 Å². The van der Waals surface area contributed by atoms with Crippen LogP contribution in [0.5, 0.6) is 5.75 Å². The Bertz CT molecular complexity index is 593. The third-order valence-electron chi connectivity index (χ3n) is 4.35. The van der Waals surface area contributed by atoms with Gasteiger partial charge in [-0.1, -0.05) is 6.92 Å². The van der Waals surface area contributed by atoms with Crippen molar-refractivity contribution >= 4 is 44.3 Å². The first-order chi connectivity index (χ1) is 11.3. The van der Waals surface area contributed by atoms with Crippen molar-refractivity contribution in [1.82, 2.24) is 0 Å². The summed E-state index contributed by atoms with van der Waals surface area (Å²) in [6.07, 6.45) is 3.22. The average molecular weight is 418 g/mol. The summed E-state index contributed by atoms with van der Waals surface area (Å²) in [5.74, 6) is 1.19. The number of amides is 1. The molecular formula is C17H24BrNO4S. The topological polar surface area (TPSA) is 55.8 Å². The lowest BCUT2D eigenvalue weighted by molar-refractivity contribution is -0.123. The molecular weight excluding hydrogens is 394 g/mol. The van der Waals surface area contributed by atoms with Gasteiger partial charge >= 0.3 is 6.16 Å². The van der Waals surface area contributed by atoms with Crippen molar-refractivity contribution in [3.05, 3.63) is 9.85 Å². The van der Waals surface area contributed by atoms with E-state index in [0.717, 1.165) is 29.5 Å². The Morgan fingerprint density at radius 3 is 2.46 bits per heavy atom. The molecule has 1 amide bonds. The summed E-state index contributed by atoms with van der Waals surface area (Å²) in [6, 6.07) is 1.67. The number of halogens is 1. The maximum Gasteiger partial charge on any atom is 0.513 e. The highest BCUT2D eigenvalue weighted by Gasteiger charge is 2.33. The van der Waals surface area contributed by atoms with E-state index >= 15 is 0 Å². The number of anilines is 1. The van der Waals surface area contributed by atoms with E-state index in [1.54, 1.807) is 11.0 Å². The van der Waals surface area contributed by atoms with Crippen LogP contribution < -0.4 is 9.64 Å². The minimum atomic E-state index is -0.788. The molecule has 0 N–H and O–H groups in total. The molecule has 0 saturated heterocycles. The minimum absolute atomic E-state index is 0.0256. The number of nitrogens with zero attached hydrogens (tertiary/aromatic N) is 1. The molecule has 1 aromatic rings. The zero-order valence-corrected chi connectivity index (χ0v) is 16.9. The molecule has 1 aliphatic carbocycles. The van der Waals surface area contributed by atoms with E-state index in [-0.39, 0.29) is 17.9 Å². The molecule has 0 atom stereocenters. The molecule has 0 unspecified atom stereocenters. The Labute approximate surface area is 155 Å². The lowest BCUT2D eigenvalue weighted by Crippen LogP contribution is -2.42. The van der Waals surface area contributed by atoms with Crippen LogP contribution in [0.3, 0.4) is 0 Å². The predicted molar refractivity (Wildman–Crippen MR) is 98.8 cm³/mol. The highest BCUT2D eigenvalue weighted by molar-refractivity contribution is 9.11. The van der Waals surface area contributed by atoms with Gasteiger partial charge in [-0.2, -0.15) is 0 Å². The minimum Gasteiger partial charge on any atom is -0.437 e. The molecule has 1 aliphatic rings. The first-order valence-electron chi connectivity index (χ1n) is 8.21. The molecule has 134 valence electrons. The van der Waals surface area contributed by atoms with Crippen molar-refractivity contribution < 1.29 is 19.1 Å². The molecule has 0 aliphatic heterocycles. The molecule has 0 spiro atoms.